The van der Waals surface area contributed by atoms with E-state index in [1.807, 2.05) is 18.4 Å². The van der Waals surface area contributed by atoms with E-state index in [1.54, 1.807) is 10.5 Å². The number of halogens is 1. The summed E-state index contributed by atoms with van der Waals surface area (Å²) in [5, 5.41) is 3.54. The van der Waals surface area contributed by atoms with Gasteiger partial charge in [-0.15, -0.1) is 12.4 Å². The highest BCUT2D eigenvalue weighted by molar-refractivity contribution is 7.89. The summed E-state index contributed by atoms with van der Waals surface area (Å²) in [5.74, 6) is 0.752. The highest BCUT2D eigenvalue weighted by Crippen LogP contribution is 2.38. The maximum atomic E-state index is 12.7. The molecule has 1 spiro atoms. The molecule has 1 atom stereocenters. The Kier molecular flexibility index (Phi) is 4.68. The number of hydrogen-bond acceptors (Lipinski definition) is 4. The van der Waals surface area contributed by atoms with Crippen LogP contribution in [-0.2, 0) is 16.6 Å². The van der Waals surface area contributed by atoms with Crippen LogP contribution in [0.4, 0.5) is 0 Å². The number of hydrogen-bond donors (Lipinski definition) is 1. The maximum absolute atomic E-state index is 12.7. The molecule has 0 saturated carbocycles. The Morgan fingerprint density at radius 3 is 2.76 bits per heavy atom. The normalized spacial score (nSPS) is 26.4. The van der Waals surface area contributed by atoms with Gasteiger partial charge < -0.3 is 9.88 Å². The molecule has 1 aromatic rings. The van der Waals surface area contributed by atoms with Crippen molar-refractivity contribution >= 4 is 22.4 Å². The minimum atomic E-state index is -3.44. The fourth-order valence-corrected chi connectivity index (χ4v) is 4.85. The van der Waals surface area contributed by atoms with Gasteiger partial charge in [-0.2, -0.15) is 4.31 Å². The summed E-state index contributed by atoms with van der Waals surface area (Å²) in [6.45, 7) is 7.73. The van der Waals surface area contributed by atoms with E-state index in [0.29, 0.717) is 13.1 Å². The number of sulfonamides is 1. The Morgan fingerprint density at radius 2 is 2.19 bits per heavy atom. The molecule has 0 aliphatic carbocycles. The first-order chi connectivity index (χ1) is 9.47. The lowest BCUT2D eigenvalue weighted by Crippen LogP contribution is -2.33. The molecule has 0 aromatic carbocycles. The SMILES string of the molecule is CCn1cc(S(=O)(=O)N2CCC3(CCNC3)C2)nc1C.Cl. The van der Waals surface area contributed by atoms with Gasteiger partial charge in [0.25, 0.3) is 10.0 Å². The van der Waals surface area contributed by atoms with Crippen molar-refractivity contribution in [1.29, 1.82) is 0 Å². The van der Waals surface area contributed by atoms with Gasteiger partial charge in [-0.25, -0.2) is 13.4 Å². The van der Waals surface area contributed by atoms with E-state index in [9.17, 15) is 8.42 Å². The summed E-state index contributed by atoms with van der Waals surface area (Å²) in [4.78, 5) is 4.23. The van der Waals surface area contributed by atoms with Crippen LogP contribution >= 0.6 is 12.4 Å². The van der Waals surface area contributed by atoms with Gasteiger partial charge in [-0.05, 0) is 38.6 Å². The molecule has 1 aromatic heterocycles. The number of aromatic nitrogens is 2. The number of nitrogens with one attached hydrogen (secondary N) is 1. The number of aryl methyl sites for hydroxylation is 2. The Labute approximate surface area is 132 Å². The van der Waals surface area contributed by atoms with E-state index in [4.69, 9.17) is 0 Å². The zero-order chi connectivity index (χ0) is 14.4. The summed E-state index contributed by atoms with van der Waals surface area (Å²) in [7, 11) is -3.44. The summed E-state index contributed by atoms with van der Waals surface area (Å²) in [6, 6.07) is 0. The monoisotopic (exact) mass is 334 g/mol. The second-order valence-electron chi connectivity index (χ2n) is 5.93. The fraction of sp³-hybridized carbons (Fsp3) is 0.769. The Morgan fingerprint density at radius 1 is 1.43 bits per heavy atom. The molecule has 2 aliphatic heterocycles. The molecule has 3 rings (SSSR count). The molecular weight excluding hydrogens is 312 g/mol. The minimum Gasteiger partial charge on any atom is -0.334 e. The van der Waals surface area contributed by atoms with Crippen molar-refractivity contribution in [1.82, 2.24) is 19.2 Å². The first-order valence-electron chi connectivity index (χ1n) is 7.21. The summed E-state index contributed by atoms with van der Waals surface area (Å²) in [5.41, 5.74) is 0.148. The molecule has 6 nitrogen and oxygen atoms in total. The number of rotatable bonds is 3. The van der Waals surface area contributed by atoms with Crippen molar-refractivity contribution < 1.29 is 8.42 Å². The molecule has 0 bridgehead atoms. The highest BCUT2D eigenvalue weighted by atomic mass is 35.5. The second kappa shape index (κ2) is 5.87. The van der Waals surface area contributed by atoms with Crippen LogP contribution in [0.5, 0.6) is 0 Å². The maximum Gasteiger partial charge on any atom is 0.262 e. The fourth-order valence-electron chi connectivity index (χ4n) is 3.30. The quantitative estimate of drug-likeness (QED) is 0.895. The van der Waals surface area contributed by atoms with Crippen LogP contribution in [0.25, 0.3) is 0 Å². The molecule has 21 heavy (non-hydrogen) atoms. The van der Waals surface area contributed by atoms with Crippen molar-refractivity contribution in [2.24, 2.45) is 5.41 Å². The van der Waals surface area contributed by atoms with E-state index >= 15 is 0 Å². The topological polar surface area (TPSA) is 67.2 Å². The van der Waals surface area contributed by atoms with Crippen molar-refractivity contribution in [2.45, 2.75) is 38.3 Å². The van der Waals surface area contributed by atoms with E-state index < -0.39 is 10.0 Å². The van der Waals surface area contributed by atoms with Crippen LogP contribution in [0, 0.1) is 12.3 Å². The molecule has 0 amide bonds. The van der Waals surface area contributed by atoms with E-state index in [1.165, 1.54) is 0 Å². The lowest BCUT2D eigenvalue weighted by atomic mass is 9.87. The third-order valence-electron chi connectivity index (χ3n) is 4.63. The molecule has 1 N–H and O–H groups in total. The van der Waals surface area contributed by atoms with Gasteiger partial charge in [-0.1, -0.05) is 0 Å². The molecule has 3 heterocycles. The molecule has 2 fully saturated rings. The standard InChI is InChI=1S/C13H22N4O2S.ClH/c1-3-16-8-12(15-11(16)2)20(18,19)17-7-5-13(10-17)4-6-14-9-13;/h8,14H,3-7,9-10H2,1-2H3;1H. The van der Waals surface area contributed by atoms with E-state index in [0.717, 1.165) is 38.3 Å². The third-order valence-corrected chi connectivity index (χ3v) is 6.35. The minimum absolute atomic E-state index is 0. The number of nitrogens with zero attached hydrogens (tertiary/aromatic N) is 3. The van der Waals surface area contributed by atoms with Crippen molar-refractivity contribution in [2.75, 3.05) is 26.2 Å². The zero-order valence-corrected chi connectivity index (χ0v) is 14.1. The van der Waals surface area contributed by atoms with Gasteiger partial charge in [0.1, 0.15) is 5.82 Å². The van der Waals surface area contributed by atoms with Crippen molar-refractivity contribution in [3.63, 3.8) is 0 Å². The van der Waals surface area contributed by atoms with Crippen molar-refractivity contribution in [3.05, 3.63) is 12.0 Å². The van der Waals surface area contributed by atoms with Gasteiger partial charge >= 0.3 is 0 Å². The molecule has 120 valence electrons. The van der Waals surface area contributed by atoms with E-state index in [2.05, 4.69) is 10.3 Å². The predicted octanol–water partition coefficient (Wildman–Crippen LogP) is 1.01. The van der Waals surface area contributed by atoms with Crippen LogP contribution in [-0.4, -0.2) is 48.5 Å². The molecule has 1 unspecified atom stereocenters. The number of imidazole rings is 1. The smallest absolute Gasteiger partial charge is 0.262 e. The predicted molar refractivity (Wildman–Crippen MR) is 83.2 cm³/mol. The average molecular weight is 335 g/mol. The molecule has 2 saturated heterocycles. The van der Waals surface area contributed by atoms with Gasteiger partial charge in [0.05, 0.1) is 0 Å². The molecule has 0 radical (unpaired) electrons. The van der Waals surface area contributed by atoms with Gasteiger partial charge in [0.15, 0.2) is 5.03 Å². The lowest BCUT2D eigenvalue weighted by Gasteiger charge is -2.22. The van der Waals surface area contributed by atoms with Gasteiger partial charge in [-0.3, -0.25) is 0 Å². The lowest BCUT2D eigenvalue weighted by molar-refractivity contribution is 0.337. The van der Waals surface area contributed by atoms with E-state index in [-0.39, 0.29) is 22.8 Å². The molecule has 2 aliphatic rings. The first-order valence-corrected chi connectivity index (χ1v) is 8.65. The van der Waals surface area contributed by atoms with Gasteiger partial charge in [0, 0.05) is 32.4 Å². The summed E-state index contributed by atoms with van der Waals surface area (Å²) in [6.07, 6.45) is 3.68. The average Bonchev–Trinajstić information content (AvgIpc) is 3.12. The molecule has 8 heteroatoms. The highest BCUT2D eigenvalue weighted by Gasteiger charge is 2.45. The van der Waals surface area contributed by atoms with Crippen LogP contribution in [0.15, 0.2) is 11.2 Å². The Balaban J connectivity index is 0.00000161. The Bertz CT molecular complexity index is 608. The van der Waals surface area contributed by atoms with Crippen molar-refractivity contribution in [3.8, 4) is 0 Å². The second-order valence-corrected chi connectivity index (χ2v) is 7.81. The van der Waals surface area contributed by atoms with Crippen LogP contribution in [0.3, 0.4) is 0 Å². The zero-order valence-electron chi connectivity index (χ0n) is 12.5. The van der Waals surface area contributed by atoms with Crippen LogP contribution in [0.1, 0.15) is 25.6 Å². The van der Waals surface area contributed by atoms with Crippen LogP contribution in [0.2, 0.25) is 0 Å². The third kappa shape index (κ3) is 2.84. The summed E-state index contributed by atoms with van der Waals surface area (Å²) < 4.78 is 28.9. The summed E-state index contributed by atoms with van der Waals surface area (Å²) >= 11 is 0. The largest absolute Gasteiger partial charge is 0.334 e. The molecular formula is C13H23ClN4O2S. The van der Waals surface area contributed by atoms with Crippen LogP contribution < -0.4 is 5.32 Å². The van der Waals surface area contributed by atoms with Gasteiger partial charge in [0.2, 0.25) is 0 Å². The first kappa shape index (κ1) is 16.7. The Hall–Kier alpha value is -0.630.